The Hall–Kier alpha value is -3.71. The first-order valence-corrected chi connectivity index (χ1v) is 11.9. The summed E-state index contributed by atoms with van der Waals surface area (Å²) < 4.78 is 62.2. The summed E-state index contributed by atoms with van der Waals surface area (Å²) in [7, 11) is 0. The Labute approximate surface area is 218 Å². The van der Waals surface area contributed by atoms with Gasteiger partial charge in [-0.05, 0) is 50.2 Å². The Morgan fingerprint density at radius 3 is 2.42 bits per heavy atom. The first-order chi connectivity index (χ1) is 18.0. The van der Waals surface area contributed by atoms with Crippen LogP contribution >= 0.6 is 11.6 Å². The van der Waals surface area contributed by atoms with Gasteiger partial charge < -0.3 is 9.84 Å². The maximum absolute atomic E-state index is 14.5. The van der Waals surface area contributed by atoms with Crippen LogP contribution in [-0.4, -0.2) is 53.1 Å². The monoisotopic (exact) mass is 554 g/mol. The van der Waals surface area contributed by atoms with E-state index in [0.29, 0.717) is 33.2 Å². The highest BCUT2D eigenvalue weighted by Gasteiger charge is 2.39. The fourth-order valence-electron chi connectivity index (χ4n) is 3.71. The van der Waals surface area contributed by atoms with Gasteiger partial charge in [-0.3, -0.25) is 4.57 Å². The number of alkyl halides is 4. The third kappa shape index (κ3) is 5.73. The molecule has 0 fully saturated rings. The van der Waals surface area contributed by atoms with E-state index in [1.54, 1.807) is 31.2 Å². The summed E-state index contributed by atoms with van der Waals surface area (Å²) in [5.74, 6) is 0.225. The zero-order valence-electron chi connectivity index (χ0n) is 20.2. The molecule has 9 nitrogen and oxygen atoms in total. The molecule has 202 valence electrons. The van der Waals surface area contributed by atoms with Crippen molar-refractivity contribution < 1.29 is 27.4 Å². The predicted octanol–water partition coefficient (Wildman–Crippen LogP) is 4.35. The van der Waals surface area contributed by atoms with Gasteiger partial charge in [0.15, 0.2) is 29.7 Å². The van der Waals surface area contributed by atoms with Gasteiger partial charge in [-0.25, -0.2) is 23.5 Å². The van der Waals surface area contributed by atoms with Crippen molar-refractivity contribution in [2.75, 3.05) is 6.61 Å². The molecule has 4 aromatic rings. The number of rotatable bonds is 9. The van der Waals surface area contributed by atoms with Crippen LogP contribution < -0.4 is 10.4 Å². The zero-order chi connectivity index (χ0) is 27.6. The van der Waals surface area contributed by atoms with Crippen molar-refractivity contribution in [3.63, 3.8) is 0 Å². The predicted molar refractivity (Wildman–Crippen MR) is 130 cm³/mol. The number of aliphatic hydroxyl groups is 1. The lowest BCUT2D eigenvalue weighted by atomic mass is 10.2. The molecule has 14 heteroatoms. The molecule has 2 aromatic carbocycles. The first-order valence-electron chi connectivity index (χ1n) is 11.5. The molecule has 0 amide bonds. The van der Waals surface area contributed by atoms with Gasteiger partial charge in [0, 0.05) is 10.6 Å². The van der Waals surface area contributed by atoms with Crippen LogP contribution in [0.5, 0.6) is 5.75 Å². The quantitative estimate of drug-likeness (QED) is 0.309. The van der Waals surface area contributed by atoms with E-state index >= 15 is 0 Å². The van der Waals surface area contributed by atoms with Gasteiger partial charge in [-0.2, -0.15) is 13.2 Å². The average Bonchev–Trinajstić information content (AvgIpc) is 3.42. The van der Waals surface area contributed by atoms with Gasteiger partial charge in [0.1, 0.15) is 18.0 Å². The molecule has 0 aliphatic carbocycles. The van der Waals surface area contributed by atoms with Gasteiger partial charge in [0.05, 0.1) is 13.2 Å². The number of hydrogen-bond acceptors (Lipinski definition) is 6. The van der Waals surface area contributed by atoms with Crippen molar-refractivity contribution >= 4 is 11.6 Å². The Kier molecular flexibility index (Phi) is 7.88. The van der Waals surface area contributed by atoms with Crippen LogP contribution in [0, 0.1) is 0 Å². The molecular formula is C24H23ClF4N6O3. The molecule has 0 spiro atoms. The van der Waals surface area contributed by atoms with Crippen LogP contribution in [0.2, 0.25) is 5.02 Å². The Morgan fingerprint density at radius 1 is 1.11 bits per heavy atom. The van der Waals surface area contributed by atoms with Crippen LogP contribution in [0.3, 0.4) is 0 Å². The third-order valence-corrected chi connectivity index (χ3v) is 5.73. The zero-order valence-corrected chi connectivity index (χ0v) is 21.0. The Bertz CT molecular complexity index is 1460. The van der Waals surface area contributed by atoms with E-state index in [-0.39, 0.29) is 24.0 Å². The van der Waals surface area contributed by atoms with E-state index < -0.39 is 30.7 Å². The van der Waals surface area contributed by atoms with E-state index in [2.05, 4.69) is 15.2 Å². The number of hydrogen-bond donors (Lipinski definition) is 1. The summed E-state index contributed by atoms with van der Waals surface area (Å²) in [5, 5.41) is 18.5. The summed E-state index contributed by atoms with van der Waals surface area (Å²) in [5.41, 5.74) is -0.235. The van der Waals surface area contributed by atoms with Crippen molar-refractivity contribution in [2.45, 2.75) is 45.4 Å². The first kappa shape index (κ1) is 27.3. The van der Waals surface area contributed by atoms with Crippen LogP contribution in [-0.2, 0) is 13.1 Å². The number of ether oxygens (including phenoxy) is 1. The Balaban J connectivity index is 1.77. The number of nitrogens with zero attached hydrogens (tertiary/aromatic N) is 6. The highest BCUT2D eigenvalue weighted by molar-refractivity contribution is 6.30. The van der Waals surface area contributed by atoms with Crippen LogP contribution in [0.25, 0.3) is 17.1 Å². The number of halogens is 5. The minimum absolute atomic E-state index is 0.0124. The number of aromatic nitrogens is 6. The molecule has 0 aliphatic rings. The van der Waals surface area contributed by atoms with Gasteiger partial charge in [0.2, 0.25) is 0 Å². The van der Waals surface area contributed by atoms with Gasteiger partial charge in [0.25, 0.3) is 0 Å². The molecule has 0 saturated carbocycles. The molecule has 2 heterocycles. The molecule has 0 bridgehead atoms. The molecule has 1 N–H and O–H groups in total. The Morgan fingerprint density at radius 2 is 1.79 bits per heavy atom. The van der Waals surface area contributed by atoms with Crippen molar-refractivity contribution in [3.8, 4) is 22.8 Å². The highest BCUT2D eigenvalue weighted by atomic mass is 35.5. The molecule has 38 heavy (non-hydrogen) atoms. The van der Waals surface area contributed by atoms with Crippen LogP contribution in [0.15, 0.2) is 53.3 Å². The van der Waals surface area contributed by atoms with Gasteiger partial charge in [-0.15, -0.1) is 10.2 Å². The summed E-state index contributed by atoms with van der Waals surface area (Å²) in [4.78, 5) is 17.3. The molecular weight excluding hydrogens is 532 g/mol. The topological polar surface area (TPSA) is 100.0 Å². The molecule has 0 aliphatic heterocycles. The molecule has 2 atom stereocenters. The standard InChI is InChI=1S/C24H23ClF4N6O3/c1-3-38-18-7-5-4-6-17(18)35-21(14(2)26)30-20(31-35)13-34-23(37)33(12-19(36)24(27,28)29)22(32-34)15-8-10-16(25)11-9-15/h4-11,14,19,36H,3,12-13H2,1-2H3/t14?,19-/m0/s1. The second-order valence-electron chi connectivity index (χ2n) is 8.25. The lowest BCUT2D eigenvalue weighted by molar-refractivity contribution is -0.207. The molecule has 1 unspecified atom stereocenters. The van der Waals surface area contributed by atoms with Crippen LogP contribution in [0.1, 0.15) is 31.7 Å². The van der Waals surface area contributed by atoms with Crippen molar-refractivity contribution in [3.05, 3.63) is 75.7 Å². The average molecular weight is 555 g/mol. The molecule has 2 aromatic heterocycles. The summed E-state index contributed by atoms with van der Waals surface area (Å²) in [6, 6.07) is 12.7. The smallest absolute Gasteiger partial charge is 0.416 e. The lowest BCUT2D eigenvalue weighted by Gasteiger charge is -2.15. The second-order valence-corrected chi connectivity index (χ2v) is 8.69. The second kappa shape index (κ2) is 11.0. The minimum atomic E-state index is -4.96. The SMILES string of the molecule is CCOc1ccccc1-n1nc(Cn2nc(-c3ccc(Cl)cc3)n(C[C@H](O)C(F)(F)F)c2=O)nc1C(C)F. The number of aliphatic hydroxyl groups excluding tert-OH is 1. The molecule has 4 rings (SSSR count). The normalized spacial score (nSPS) is 13.5. The maximum atomic E-state index is 14.5. The lowest BCUT2D eigenvalue weighted by Crippen LogP contribution is -2.37. The van der Waals surface area contributed by atoms with E-state index in [0.717, 1.165) is 4.68 Å². The number of para-hydroxylation sites is 2. The van der Waals surface area contributed by atoms with E-state index in [1.165, 1.54) is 35.9 Å². The number of benzene rings is 2. The maximum Gasteiger partial charge on any atom is 0.416 e. The fraction of sp³-hybridized carbons (Fsp3) is 0.333. The largest absolute Gasteiger partial charge is 0.492 e. The van der Waals surface area contributed by atoms with Crippen molar-refractivity contribution in [1.29, 1.82) is 0 Å². The summed E-state index contributed by atoms with van der Waals surface area (Å²) in [6.07, 6.45) is -9.32. The van der Waals surface area contributed by atoms with E-state index in [1.807, 2.05) is 0 Å². The third-order valence-electron chi connectivity index (χ3n) is 5.47. The summed E-state index contributed by atoms with van der Waals surface area (Å²) >= 11 is 5.91. The fourth-order valence-corrected chi connectivity index (χ4v) is 3.84. The summed E-state index contributed by atoms with van der Waals surface area (Å²) in [6.45, 7) is 1.95. The highest BCUT2D eigenvalue weighted by Crippen LogP contribution is 2.27. The van der Waals surface area contributed by atoms with Crippen molar-refractivity contribution in [2.24, 2.45) is 0 Å². The molecule has 0 saturated heterocycles. The van der Waals surface area contributed by atoms with Gasteiger partial charge >= 0.3 is 11.9 Å². The molecule has 0 radical (unpaired) electrons. The van der Waals surface area contributed by atoms with Gasteiger partial charge in [-0.1, -0.05) is 23.7 Å². The van der Waals surface area contributed by atoms with Crippen LogP contribution in [0.4, 0.5) is 17.6 Å². The van der Waals surface area contributed by atoms with E-state index in [9.17, 15) is 27.5 Å². The van der Waals surface area contributed by atoms with Crippen molar-refractivity contribution in [1.82, 2.24) is 29.1 Å². The minimum Gasteiger partial charge on any atom is -0.492 e. The van der Waals surface area contributed by atoms with E-state index in [4.69, 9.17) is 16.3 Å².